The Balaban J connectivity index is 1.80. The summed E-state index contributed by atoms with van der Waals surface area (Å²) < 4.78 is 5.64. The van der Waals surface area contributed by atoms with Gasteiger partial charge in [-0.2, -0.15) is 0 Å². The van der Waals surface area contributed by atoms with E-state index in [9.17, 15) is 9.59 Å². The molecule has 0 radical (unpaired) electrons. The van der Waals surface area contributed by atoms with Crippen molar-refractivity contribution in [3.8, 4) is 0 Å². The first-order chi connectivity index (χ1) is 10.9. The van der Waals surface area contributed by atoms with Gasteiger partial charge in [0.05, 0.1) is 23.6 Å². The minimum absolute atomic E-state index is 0.114. The predicted octanol–water partition coefficient (Wildman–Crippen LogP) is 1.49. The highest BCUT2D eigenvalue weighted by molar-refractivity contribution is 7.14. The third-order valence-corrected chi connectivity index (χ3v) is 5.12. The lowest BCUT2D eigenvalue weighted by Gasteiger charge is -2.34. The van der Waals surface area contributed by atoms with Gasteiger partial charge in [0.25, 0.3) is 11.8 Å². The average Bonchev–Trinajstić information content (AvgIpc) is 2.85. The standard InChI is InChI=1S/C16H25N3O3S/c1-5-13-10(2)6-14(23-13)16(21)18-17-15(20)9-19-7-11(3)22-12(4)8-19/h6,11-12H,5,7-9H2,1-4H3,(H,17,20)(H,18,21)/t11-,12-/m0/s1. The van der Waals surface area contributed by atoms with Crippen LogP contribution in [0.4, 0.5) is 0 Å². The number of amides is 2. The fourth-order valence-corrected chi connectivity index (χ4v) is 3.84. The van der Waals surface area contributed by atoms with Gasteiger partial charge in [-0.1, -0.05) is 6.92 Å². The summed E-state index contributed by atoms with van der Waals surface area (Å²) in [5.41, 5.74) is 6.10. The van der Waals surface area contributed by atoms with E-state index in [1.54, 1.807) is 0 Å². The molecule has 0 saturated carbocycles. The molecule has 2 rings (SSSR count). The Morgan fingerprint density at radius 2 is 1.96 bits per heavy atom. The molecule has 0 unspecified atom stereocenters. The predicted molar refractivity (Wildman–Crippen MR) is 90.5 cm³/mol. The van der Waals surface area contributed by atoms with Crippen LogP contribution in [0.5, 0.6) is 0 Å². The SMILES string of the molecule is CCc1sc(C(=O)NNC(=O)CN2C[C@H](C)O[C@@H](C)C2)cc1C. The molecule has 2 N–H and O–H groups in total. The summed E-state index contributed by atoms with van der Waals surface area (Å²) in [7, 11) is 0. The molecule has 0 bridgehead atoms. The minimum atomic E-state index is -0.269. The van der Waals surface area contributed by atoms with Crippen molar-refractivity contribution in [2.75, 3.05) is 19.6 Å². The number of hydrazine groups is 1. The van der Waals surface area contributed by atoms with Crippen molar-refractivity contribution in [1.82, 2.24) is 15.8 Å². The van der Waals surface area contributed by atoms with Crippen molar-refractivity contribution in [2.45, 2.75) is 46.3 Å². The molecular formula is C16H25N3O3S. The van der Waals surface area contributed by atoms with Crippen molar-refractivity contribution in [3.05, 3.63) is 21.4 Å². The van der Waals surface area contributed by atoms with Crippen LogP contribution in [0.1, 0.15) is 40.9 Å². The number of rotatable bonds is 4. The van der Waals surface area contributed by atoms with E-state index in [2.05, 4.69) is 17.8 Å². The third-order valence-electron chi connectivity index (χ3n) is 3.74. The first-order valence-corrected chi connectivity index (χ1v) is 8.77. The topological polar surface area (TPSA) is 70.7 Å². The first kappa shape index (κ1) is 17.9. The molecule has 2 atom stereocenters. The van der Waals surface area contributed by atoms with Crippen molar-refractivity contribution < 1.29 is 14.3 Å². The second-order valence-corrected chi connectivity index (χ2v) is 7.16. The number of thiophene rings is 1. The Hall–Kier alpha value is -1.44. The Labute approximate surface area is 141 Å². The number of nitrogens with one attached hydrogen (secondary N) is 2. The van der Waals surface area contributed by atoms with Gasteiger partial charge in [0.1, 0.15) is 0 Å². The van der Waals surface area contributed by atoms with Gasteiger partial charge in [-0.25, -0.2) is 0 Å². The zero-order chi connectivity index (χ0) is 17.0. The molecule has 1 fully saturated rings. The van der Waals surface area contributed by atoms with Crippen LogP contribution in [-0.4, -0.2) is 48.6 Å². The van der Waals surface area contributed by atoms with E-state index in [0.29, 0.717) is 4.88 Å². The maximum Gasteiger partial charge on any atom is 0.279 e. The molecule has 1 aromatic heterocycles. The number of hydrogen-bond donors (Lipinski definition) is 2. The van der Waals surface area contributed by atoms with Gasteiger partial charge in [0, 0.05) is 18.0 Å². The van der Waals surface area contributed by atoms with Crippen LogP contribution in [0.25, 0.3) is 0 Å². The second-order valence-electron chi connectivity index (χ2n) is 6.02. The minimum Gasteiger partial charge on any atom is -0.373 e. The summed E-state index contributed by atoms with van der Waals surface area (Å²) >= 11 is 1.47. The van der Waals surface area contributed by atoms with E-state index in [1.165, 1.54) is 16.2 Å². The first-order valence-electron chi connectivity index (χ1n) is 7.95. The molecule has 6 nitrogen and oxygen atoms in total. The largest absolute Gasteiger partial charge is 0.373 e. The average molecular weight is 339 g/mol. The lowest BCUT2D eigenvalue weighted by atomic mass is 10.2. The monoisotopic (exact) mass is 339 g/mol. The van der Waals surface area contributed by atoms with E-state index in [0.717, 1.165) is 25.1 Å². The molecule has 7 heteroatoms. The second kappa shape index (κ2) is 7.90. The van der Waals surface area contributed by atoms with Gasteiger partial charge in [-0.3, -0.25) is 25.3 Å². The summed E-state index contributed by atoms with van der Waals surface area (Å²) in [5, 5.41) is 0. The highest BCUT2D eigenvalue weighted by Crippen LogP contribution is 2.21. The van der Waals surface area contributed by atoms with Crippen LogP contribution in [-0.2, 0) is 16.0 Å². The molecule has 0 aliphatic carbocycles. The highest BCUT2D eigenvalue weighted by Gasteiger charge is 2.23. The van der Waals surface area contributed by atoms with E-state index in [4.69, 9.17) is 4.74 Å². The number of aryl methyl sites for hydroxylation is 2. The van der Waals surface area contributed by atoms with Crippen LogP contribution in [0.3, 0.4) is 0 Å². The molecule has 128 valence electrons. The molecule has 1 aromatic rings. The summed E-state index contributed by atoms with van der Waals surface area (Å²) in [4.78, 5) is 27.9. The zero-order valence-corrected chi connectivity index (χ0v) is 15.0. The number of ether oxygens (including phenoxy) is 1. The highest BCUT2D eigenvalue weighted by atomic mass is 32.1. The lowest BCUT2D eigenvalue weighted by molar-refractivity contribution is -0.126. The Kier molecular flexibility index (Phi) is 6.15. The van der Waals surface area contributed by atoms with Gasteiger partial charge in [-0.05, 0) is 38.8 Å². The van der Waals surface area contributed by atoms with Crippen molar-refractivity contribution in [2.24, 2.45) is 0 Å². The quantitative estimate of drug-likeness (QED) is 0.816. The maximum atomic E-state index is 12.1. The molecular weight excluding hydrogens is 314 g/mol. The van der Waals surface area contributed by atoms with E-state index >= 15 is 0 Å². The van der Waals surface area contributed by atoms with Gasteiger partial charge in [-0.15, -0.1) is 11.3 Å². The van der Waals surface area contributed by atoms with Gasteiger partial charge in [0.15, 0.2) is 0 Å². The fourth-order valence-electron chi connectivity index (χ4n) is 2.83. The van der Waals surface area contributed by atoms with Crippen molar-refractivity contribution in [3.63, 3.8) is 0 Å². The lowest BCUT2D eigenvalue weighted by Crippen LogP contribution is -2.51. The van der Waals surface area contributed by atoms with E-state index in [-0.39, 0.29) is 30.6 Å². The van der Waals surface area contributed by atoms with Gasteiger partial charge < -0.3 is 4.74 Å². The normalized spacial score (nSPS) is 21.9. The van der Waals surface area contributed by atoms with Crippen LogP contribution >= 0.6 is 11.3 Å². The summed E-state index contributed by atoms with van der Waals surface area (Å²) in [6.45, 7) is 9.73. The summed E-state index contributed by atoms with van der Waals surface area (Å²) in [6, 6.07) is 1.86. The molecule has 1 saturated heterocycles. The molecule has 2 heterocycles. The fraction of sp³-hybridized carbons (Fsp3) is 0.625. The van der Waals surface area contributed by atoms with Crippen LogP contribution < -0.4 is 10.9 Å². The van der Waals surface area contributed by atoms with Gasteiger partial charge >= 0.3 is 0 Å². The maximum absolute atomic E-state index is 12.1. The molecule has 0 spiro atoms. The zero-order valence-electron chi connectivity index (χ0n) is 14.1. The third kappa shape index (κ3) is 5.02. The molecule has 1 aliphatic rings. The summed E-state index contributed by atoms with van der Waals surface area (Å²) in [6.07, 6.45) is 1.13. The molecule has 1 aliphatic heterocycles. The smallest absolute Gasteiger partial charge is 0.279 e. The van der Waals surface area contributed by atoms with E-state index < -0.39 is 0 Å². The summed E-state index contributed by atoms with van der Waals surface area (Å²) in [5.74, 6) is -0.487. The van der Waals surface area contributed by atoms with Crippen molar-refractivity contribution in [1.29, 1.82) is 0 Å². The number of morpholine rings is 1. The molecule has 23 heavy (non-hydrogen) atoms. The van der Waals surface area contributed by atoms with Crippen LogP contribution in [0.2, 0.25) is 0 Å². The Morgan fingerprint density at radius 3 is 2.52 bits per heavy atom. The number of nitrogens with zero attached hydrogens (tertiary/aromatic N) is 1. The van der Waals surface area contributed by atoms with Crippen LogP contribution in [0, 0.1) is 6.92 Å². The molecule has 2 amide bonds. The number of carbonyl (C=O) groups is 2. The van der Waals surface area contributed by atoms with Crippen molar-refractivity contribution >= 4 is 23.2 Å². The number of carbonyl (C=O) groups excluding carboxylic acids is 2. The van der Waals surface area contributed by atoms with Gasteiger partial charge in [0.2, 0.25) is 0 Å². The molecule has 0 aromatic carbocycles. The number of hydrogen-bond acceptors (Lipinski definition) is 5. The Bertz CT molecular complexity index is 563. The van der Waals surface area contributed by atoms with Crippen LogP contribution in [0.15, 0.2) is 6.07 Å². The van der Waals surface area contributed by atoms with E-state index in [1.807, 2.05) is 31.7 Å². The Morgan fingerprint density at radius 1 is 1.30 bits per heavy atom.